The monoisotopic (exact) mass is 349 g/mol. The van der Waals surface area contributed by atoms with Crippen molar-refractivity contribution in [1.29, 1.82) is 0 Å². The number of hydrogen-bond donors (Lipinski definition) is 1. The van der Waals surface area contributed by atoms with E-state index in [9.17, 15) is 4.79 Å². The Kier molecular flexibility index (Phi) is 4.41. The smallest absolute Gasteiger partial charge is 0.279 e. The van der Waals surface area contributed by atoms with Crippen LogP contribution in [0.3, 0.4) is 0 Å². The van der Waals surface area contributed by atoms with E-state index in [2.05, 4.69) is 10.4 Å². The quantitative estimate of drug-likeness (QED) is 0.777. The van der Waals surface area contributed by atoms with E-state index in [0.717, 1.165) is 11.0 Å². The molecule has 5 nitrogen and oxygen atoms in total. The number of hydrogen-bond acceptors (Lipinski definition) is 3. The molecule has 0 saturated heterocycles. The Balaban J connectivity index is 1.74. The van der Waals surface area contributed by atoms with E-state index >= 15 is 0 Å². The molecule has 1 heterocycles. The van der Waals surface area contributed by atoms with Gasteiger partial charge in [-0.1, -0.05) is 41.4 Å². The minimum Gasteiger partial charge on any atom is -0.479 e. The molecule has 0 bridgehead atoms. The zero-order valence-corrected chi connectivity index (χ0v) is 13.7. The summed E-state index contributed by atoms with van der Waals surface area (Å²) in [5.41, 5.74) is 4.32. The molecule has 0 saturated carbocycles. The molecule has 1 aromatic heterocycles. The summed E-state index contributed by atoms with van der Waals surface area (Å²) in [4.78, 5) is 16.5. The number of amides is 1. The van der Waals surface area contributed by atoms with Gasteiger partial charge in [0.05, 0.1) is 16.1 Å². The summed E-state index contributed by atoms with van der Waals surface area (Å²) in [6.45, 7) is 1.63. The highest BCUT2D eigenvalue weighted by molar-refractivity contribution is 6.42. The zero-order valence-electron chi connectivity index (χ0n) is 12.2. The average molecular weight is 350 g/mol. The van der Waals surface area contributed by atoms with Crippen molar-refractivity contribution in [3.8, 4) is 5.75 Å². The minimum absolute atomic E-state index is 0.280. The van der Waals surface area contributed by atoms with Gasteiger partial charge in [-0.25, -0.2) is 9.66 Å². The van der Waals surface area contributed by atoms with Crippen LogP contribution in [-0.2, 0) is 4.79 Å². The van der Waals surface area contributed by atoms with Crippen molar-refractivity contribution in [2.45, 2.75) is 13.0 Å². The van der Waals surface area contributed by atoms with E-state index in [-0.39, 0.29) is 10.9 Å². The molecule has 3 rings (SSSR count). The molecule has 0 aliphatic rings. The molecule has 2 aromatic carbocycles. The molecule has 0 unspecified atom stereocenters. The van der Waals surface area contributed by atoms with Crippen LogP contribution < -0.4 is 10.2 Å². The van der Waals surface area contributed by atoms with Crippen molar-refractivity contribution in [3.05, 3.63) is 58.8 Å². The van der Waals surface area contributed by atoms with Gasteiger partial charge in [0.1, 0.15) is 17.1 Å². The van der Waals surface area contributed by atoms with Crippen molar-refractivity contribution in [1.82, 2.24) is 9.66 Å². The number of benzene rings is 2. The van der Waals surface area contributed by atoms with Gasteiger partial charge >= 0.3 is 0 Å². The van der Waals surface area contributed by atoms with E-state index in [0.29, 0.717) is 10.8 Å². The second kappa shape index (κ2) is 6.48. The lowest BCUT2D eigenvalue weighted by Gasteiger charge is -2.16. The molecule has 23 heavy (non-hydrogen) atoms. The third-order valence-corrected chi connectivity index (χ3v) is 4.07. The Hall–Kier alpha value is -2.24. The topological polar surface area (TPSA) is 56.1 Å². The maximum Gasteiger partial charge on any atom is 0.279 e. The van der Waals surface area contributed by atoms with Gasteiger partial charge in [0.15, 0.2) is 6.10 Å². The first-order valence-electron chi connectivity index (χ1n) is 6.90. The van der Waals surface area contributed by atoms with Crippen LogP contribution in [0.2, 0.25) is 10.0 Å². The van der Waals surface area contributed by atoms with Gasteiger partial charge in [-0.3, -0.25) is 10.2 Å². The van der Waals surface area contributed by atoms with Crippen LogP contribution in [0, 0.1) is 0 Å². The van der Waals surface area contributed by atoms with Crippen molar-refractivity contribution in [3.63, 3.8) is 0 Å². The summed E-state index contributed by atoms with van der Waals surface area (Å²) in [5.74, 6) is 0.0292. The minimum atomic E-state index is -0.757. The molecule has 0 radical (unpaired) electrons. The zero-order chi connectivity index (χ0) is 16.4. The van der Waals surface area contributed by atoms with Crippen molar-refractivity contribution >= 4 is 40.1 Å². The Morgan fingerprint density at radius 3 is 2.83 bits per heavy atom. The second-order valence-electron chi connectivity index (χ2n) is 4.89. The molecule has 7 heteroatoms. The Labute approximate surface area is 142 Å². The van der Waals surface area contributed by atoms with E-state index < -0.39 is 6.10 Å². The third kappa shape index (κ3) is 3.25. The largest absolute Gasteiger partial charge is 0.479 e. The van der Waals surface area contributed by atoms with Gasteiger partial charge in [0, 0.05) is 0 Å². The fourth-order valence-corrected chi connectivity index (χ4v) is 2.41. The van der Waals surface area contributed by atoms with Gasteiger partial charge in [-0.2, -0.15) is 0 Å². The first-order valence-corrected chi connectivity index (χ1v) is 7.65. The lowest BCUT2D eigenvalue weighted by Crippen LogP contribution is -2.34. The normalized spacial score (nSPS) is 12.1. The maximum atomic E-state index is 12.3. The molecule has 0 aliphatic heterocycles. The van der Waals surface area contributed by atoms with E-state index in [1.54, 1.807) is 36.1 Å². The van der Waals surface area contributed by atoms with Crippen LogP contribution in [-0.4, -0.2) is 21.7 Å². The van der Waals surface area contributed by atoms with E-state index in [1.807, 2.05) is 24.3 Å². The summed E-state index contributed by atoms with van der Waals surface area (Å²) in [5, 5.41) is 0.652. The maximum absolute atomic E-state index is 12.3. The number of halogens is 2. The van der Waals surface area contributed by atoms with E-state index in [4.69, 9.17) is 27.9 Å². The predicted octanol–water partition coefficient (Wildman–Crippen LogP) is 3.88. The molecule has 3 aromatic rings. The van der Waals surface area contributed by atoms with E-state index in [1.165, 1.54) is 0 Å². The van der Waals surface area contributed by atoms with Crippen LogP contribution in [0.15, 0.2) is 48.8 Å². The number of carbonyl (C=O) groups is 1. The molecule has 1 amide bonds. The van der Waals surface area contributed by atoms with Crippen molar-refractivity contribution < 1.29 is 9.53 Å². The highest BCUT2D eigenvalue weighted by atomic mass is 35.5. The summed E-state index contributed by atoms with van der Waals surface area (Å²) in [6.07, 6.45) is 0.786. The molecular weight excluding hydrogens is 337 g/mol. The van der Waals surface area contributed by atoms with Gasteiger partial charge in [0.2, 0.25) is 0 Å². The van der Waals surface area contributed by atoms with Crippen LogP contribution >= 0.6 is 23.2 Å². The predicted molar refractivity (Wildman–Crippen MR) is 90.7 cm³/mol. The molecule has 0 aliphatic carbocycles. The second-order valence-corrected chi connectivity index (χ2v) is 5.68. The summed E-state index contributed by atoms with van der Waals surface area (Å²) in [6, 6.07) is 12.5. The fraction of sp³-hybridized carbons (Fsp3) is 0.125. The Morgan fingerprint density at radius 1 is 1.22 bits per heavy atom. The van der Waals surface area contributed by atoms with Crippen LogP contribution in [0.4, 0.5) is 0 Å². The number of imidazole rings is 1. The van der Waals surface area contributed by atoms with Gasteiger partial charge < -0.3 is 4.74 Å². The highest BCUT2D eigenvalue weighted by Gasteiger charge is 2.18. The number of para-hydroxylation sites is 2. The highest BCUT2D eigenvalue weighted by Crippen LogP contribution is 2.32. The lowest BCUT2D eigenvalue weighted by atomic mass is 10.3. The molecule has 0 spiro atoms. The number of aromatic nitrogens is 2. The number of fused-ring (bicyclic) bond motifs is 1. The standard InChI is InChI=1S/C16H13Cl2N3O2/c1-10(23-14-8-4-5-11(17)15(14)18)16(22)20-21-9-19-12-6-2-3-7-13(12)21/h2-10H,1H3,(H,20,22)/t10-/m0/s1. The van der Waals surface area contributed by atoms with Crippen LogP contribution in [0.25, 0.3) is 11.0 Å². The van der Waals surface area contributed by atoms with Crippen LogP contribution in [0.1, 0.15) is 6.92 Å². The number of nitrogens with zero attached hydrogens (tertiary/aromatic N) is 2. The van der Waals surface area contributed by atoms with Gasteiger partial charge in [0.25, 0.3) is 5.91 Å². The average Bonchev–Trinajstić information content (AvgIpc) is 2.95. The Morgan fingerprint density at radius 2 is 2.00 bits per heavy atom. The summed E-state index contributed by atoms with van der Waals surface area (Å²) in [7, 11) is 0. The molecule has 118 valence electrons. The van der Waals surface area contributed by atoms with Crippen molar-refractivity contribution in [2.24, 2.45) is 0 Å². The number of nitrogens with one attached hydrogen (secondary N) is 1. The lowest BCUT2D eigenvalue weighted by molar-refractivity contribution is -0.122. The van der Waals surface area contributed by atoms with Gasteiger partial charge in [-0.15, -0.1) is 0 Å². The third-order valence-electron chi connectivity index (χ3n) is 3.27. The molecule has 1 N–H and O–H groups in total. The van der Waals surface area contributed by atoms with Crippen molar-refractivity contribution in [2.75, 3.05) is 5.43 Å². The first-order chi connectivity index (χ1) is 11.1. The Bertz CT molecular complexity index is 863. The molecule has 0 fully saturated rings. The summed E-state index contributed by atoms with van der Waals surface area (Å²) < 4.78 is 7.14. The number of carbonyl (C=O) groups excluding carboxylic acids is 1. The number of ether oxygens (including phenoxy) is 1. The fourth-order valence-electron chi connectivity index (χ4n) is 2.08. The molecule has 1 atom stereocenters. The van der Waals surface area contributed by atoms with Crippen LogP contribution in [0.5, 0.6) is 5.75 Å². The van der Waals surface area contributed by atoms with Gasteiger partial charge in [-0.05, 0) is 31.2 Å². The number of rotatable bonds is 4. The summed E-state index contributed by atoms with van der Waals surface area (Å²) >= 11 is 12.0. The first kappa shape index (κ1) is 15.6. The SMILES string of the molecule is C[C@H](Oc1cccc(Cl)c1Cl)C(=O)Nn1cnc2ccccc21. The molecular formula is C16H13Cl2N3O2.